The summed E-state index contributed by atoms with van der Waals surface area (Å²) in [6.45, 7) is 0.601. The Bertz CT molecular complexity index is 421. The number of ether oxygens (including phenoxy) is 1. The number of rotatable bonds is 5. The van der Waals surface area contributed by atoms with Crippen molar-refractivity contribution >= 4 is 23.1 Å². The molecular weight excluding hydrogens is 236 g/mol. The molecule has 5 heteroatoms. The monoisotopic (exact) mass is 252 g/mol. The molecule has 0 saturated carbocycles. The molecule has 0 aliphatic heterocycles. The molecule has 0 spiro atoms. The quantitative estimate of drug-likeness (QED) is 0.792. The largest absolute Gasteiger partial charge is 0.389 e. The number of carbonyl (C=O) groups excluding carboxylic acids is 1. The fourth-order valence-electron chi connectivity index (χ4n) is 1.42. The van der Waals surface area contributed by atoms with Crippen LogP contribution in [0.1, 0.15) is 11.1 Å². The zero-order valence-corrected chi connectivity index (χ0v) is 10.8. The number of benzene rings is 1. The first-order chi connectivity index (χ1) is 8.04. The summed E-state index contributed by atoms with van der Waals surface area (Å²) in [6, 6.07) is 7.54. The molecule has 17 heavy (non-hydrogen) atoms. The van der Waals surface area contributed by atoms with Gasteiger partial charge in [0.25, 0.3) is 0 Å². The van der Waals surface area contributed by atoms with Crippen LogP contribution >= 0.6 is 12.2 Å². The third kappa shape index (κ3) is 4.13. The highest BCUT2D eigenvalue weighted by Gasteiger charge is 2.08. The summed E-state index contributed by atoms with van der Waals surface area (Å²) in [6.07, 6.45) is 0. The lowest BCUT2D eigenvalue weighted by molar-refractivity contribution is -0.134. The Morgan fingerprint density at radius 2 is 2.24 bits per heavy atom. The summed E-state index contributed by atoms with van der Waals surface area (Å²) in [5.74, 6) is -0.0618. The Morgan fingerprint density at radius 1 is 1.53 bits per heavy atom. The second-order valence-corrected chi connectivity index (χ2v) is 4.19. The first-order valence-electron chi connectivity index (χ1n) is 5.16. The molecule has 1 rings (SSSR count). The Labute approximate surface area is 106 Å². The summed E-state index contributed by atoms with van der Waals surface area (Å²) in [5.41, 5.74) is 7.35. The van der Waals surface area contributed by atoms with Crippen molar-refractivity contribution in [1.82, 2.24) is 4.90 Å². The van der Waals surface area contributed by atoms with Crippen molar-refractivity contribution in [1.29, 1.82) is 0 Å². The van der Waals surface area contributed by atoms with Gasteiger partial charge in [-0.15, -0.1) is 0 Å². The smallest absolute Gasteiger partial charge is 0.248 e. The lowest BCUT2D eigenvalue weighted by Crippen LogP contribution is -2.29. The molecule has 0 aliphatic carbocycles. The Hall–Kier alpha value is -1.46. The van der Waals surface area contributed by atoms with Crippen LogP contribution in [0, 0.1) is 0 Å². The van der Waals surface area contributed by atoms with Gasteiger partial charge in [-0.1, -0.05) is 30.4 Å². The van der Waals surface area contributed by atoms with Gasteiger partial charge in [-0.25, -0.2) is 0 Å². The van der Waals surface area contributed by atoms with Crippen LogP contribution in [0.15, 0.2) is 24.3 Å². The minimum Gasteiger partial charge on any atom is -0.389 e. The van der Waals surface area contributed by atoms with Gasteiger partial charge in [0, 0.05) is 26.3 Å². The van der Waals surface area contributed by atoms with E-state index in [4.69, 9.17) is 22.7 Å². The highest BCUT2D eigenvalue weighted by Crippen LogP contribution is 2.07. The number of nitrogens with two attached hydrogens (primary N) is 1. The van der Waals surface area contributed by atoms with Gasteiger partial charge in [0.2, 0.25) is 5.91 Å². The van der Waals surface area contributed by atoms with Crippen molar-refractivity contribution in [2.75, 3.05) is 20.8 Å². The lowest BCUT2D eigenvalue weighted by Gasteiger charge is -2.17. The van der Waals surface area contributed by atoms with E-state index in [1.54, 1.807) is 11.9 Å². The second-order valence-electron chi connectivity index (χ2n) is 3.75. The van der Waals surface area contributed by atoms with Crippen molar-refractivity contribution in [3.63, 3.8) is 0 Å². The zero-order chi connectivity index (χ0) is 12.8. The van der Waals surface area contributed by atoms with E-state index < -0.39 is 0 Å². The molecule has 2 N–H and O–H groups in total. The average molecular weight is 252 g/mol. The molecular formula is C12H16N2O2S. The number of carbonyl (C=O) groups is 1. The number of hydrogen-bond acceptors (Lipinski definition) is 3. The molecule has 1 amide bonds. The summed E-state index contributed by atoms with van der Waals surface area (Å²) in [4.78, 5) is 13.5. The highest BCUT2D eigenvalue weighted by atomic mass is 32.1. The second kappa shape index (κ2) is 6.32. The molecule has 0 fully saturated rings. The van der Waals surface area contributed by atoms with Crippen molar-refractivity contribution < 1.29 is 9.53 Å². The van der Waals surface area contributed by atoms with Crippen LogP contribution in [0.4, 0.5) is 0 Å². The normalized spacial score (nSPS) is 10.0. The zero-order valence-electron chi connectivity index (χ0n) is 9.97. The summed E-state index contributed by atoms with van der Waals surface area (Å²) < 4.78 is 4.79. The van der Waals surface area contributed by atoms with Gasteiger partial charge in [-0.3, -0.25) is 4.79 Å². The highest BCUT2D eigenvalue weighted by molar-refractivity contribution is 7.80. The standard InChI is InChI=1S/C12H16N2O2S/c1-14(11(15)8-16-2)7-9-4-3-5-10(6-9)12(13)17/h3-6H,7-8H2,1-2H3,(H2,13,17). The Balaban J connectivity index is 2.71. The van der Waals surface area contributed by atoms with Gasteiger partial charge in [0.1, 0.15) is 11.6 Å². The molecule has 0 aromatic heterocycles. The maximum atomic E-state index is 11.5. The van der Waals surface area contributed by atoms with Crippen LogP contribution in [0.2, 0.25) is 0 Å². The number of methoxy groups -OCH3 is 1. The molecule has 4 nitrogen and oxygen atoms in total. The van der Waals surface area contributed by atoms with Crippen LogP contribution in [0.3, 0.4) is 0 Å². The van der Waals surface area contributed by atoms with Gasteiger partial charge >= 0.3 is 0 Å². The van der Waals surface area contributed by atoms with Gasteiger partial charge in [-0.2, -0.15) is 0 Å². The van der Waals surface area contributed by atoms with Crippen molar-refractivity contribution in [3.8, 4) is 0 Å². The molecule has 0 heterocycles. The maximum absolute atomic E-state index is 11.5. The minimum atomic E-state index is -0.0618. The van der Waals surface area contributed by atoms with Gasteiger partial charge in [0.15, 0.2) is 0 Å². The fourth-order valence-corrected chi connectivity index (χ4v) is 1.55. The minimum absolute atomic E-state index is 0.0618. The Kier molecular flexibility index (Phi) is 5.06. The molecule has 0 radical (unpaired) electrons. The van der Waals surface area contributed by atoms with Crippen LogP contribution in [-0.4, -0.2) is 36.6 Å². The number of amides is 1. The van der Waals surface area contributed by atoms with E-state index in [0.29, 0.717) is 11.5 Å². The third-order valence-corrected chi connectivity index (χ3v) is 2.56. The maximum Gasteiger partial charge on any atom is 0.248 e. The van der Waals surface area contributed by atoms with Crippen LogP contribution in [-0.2, 0) is 16.1 Å². The molecule has 1 aromatic carbocycles. The van der Waals surface area contributed by atoms with Crippen LogP contribution in [0.25, 0.3) is 0 Å². The molecule has 0 bridgehead atoms. The van der Waals surface area contributed by atoms with E-state index in [1.165, 1.54) is 7.11 Å². The SMILES string of the molecule is COCC(=O)N(C)Cc1cccc(C(N)=S)c1. The predicted molar refractivity (Wildman–Crippen MR) is 70.7 cm³/mol. The molecule has 0 saturated heterocycles. The van der Waals surface area contributed by atoms with Crippen LogP contribution in [0.5, 0.6) is 0 Å². The topological polar surface area (TPSA) is 55.6 Å². The lowest BCUT2D eigenvalue weighted by atomic mass is 10.1. The van der Waals surface area contributed by atoms with Gasteiger partial charge in [0.05, 0.1) is 0 Å². The molecule has 0 atom stereocenters. The van der Waals surface area contributed by atoms with Crippen molar-refractivity contribution in [2.24, 2.45) is 5.73 Å². The van der Waals surface area contributed by atoms with E-state index in [2.05, 4.69) is 0 Å². The molecule has 0 aliphatic rings. The van der Waals surface area contributed by atoms with E-state index in [1.807, 2.05) is 24.3 Å². The van der Waals surface area contributed by atoms with Gasteiger partial charge < -0.3 is 15.4 Å². The van der Waals surface area contributed by atoms with E-state index in [0.717, 1.165) is 11.1 Å². The average Bonchev–Trinajstić information content (AvgIpc) is 2.29. The van der Waals surface area contributed by atoms with Crippen molar-refractivity contribution in [3.05, 3.63) is 35.4 Å². The number of likely N-dealkylation sites (N-methyl/N-ethyl adjacent to an activating group) is 1. The summed E-state index contributed by atoms with van der Waals surface area (Å²) in [7, 11) is 3.23. The summed E-state index contributed by atoms with van der Waals surface area (Å²) in [5, 5.41) is 0. The Morgan fingerprint density at radius 3 is 2.82 bits per heavy atom. The number of thiocarbonyl (C=S) groups is 1. The first kappa shape index (κ1) is 13.6. The van der Waals surface area contributed by atoms with E-state index in [-0.39, 0.29) is 12.5 Å². The number of nitrogens with zero attached hydrogens (tertiary/aromatic N) is 1. The fraction of sp³-hybridized carbons (Fsp3) is 0.333. The van der Waals surface area contributed by atoms with E-state index in [9.17, 15) is 4.79 Å². The van der Waals surface area contributed by atoms with Crippen LogP contribution < -0.4 is 5.73 Å². The molecule has 0 unspecified atom stereocenters. The molecule has 1 aromatic rings. The first-order valence-corrected chi connectivity index (χ1v) is 5.57. The third-order valence-electron chi connectivity index (χ3n) is 2.32. The van der Waals surface area contributed by atoms with E-state index >= 15 is 0 Å². The van der Waals surface area contributed by atoms with Gasteiger partial charge in [-0.05, 0) is 11.6 Å². The van der Waals surface area contributed by atoms with Crippen molar-refractivity contribution in [2.45, 2.75) is 6.54 Å². The number of hydrogen-bond donors (Lipinski definition) is 1. The molecule has 92 valence electrons. The predicted octanol–water partition coefficient (Wildman–Crippen LogP) is 0.926. The summed E-state index contributed by atoms with van der Waals surface area (Å²) >= 11 is 4.91.